The number of benzene rings is 1. The van der Waals surface area contributed by atoms with Crippen LogP contribution >= 0.6 is 15.9 Å². The zero-order chi connectivity index (χ0) is 9.68. The molecule has 0 saturated heterocycles. The average molecular weight is 241 g/mol. The second-order valence-electron chi connectivity index (χ2n) is 2.73. The monoisotopic (exact) mass is 240 g/mol. The lowest BCUT2D eigenvalue weighted by molar-refractivity contribution is 1.10. The van der Waals surface area contributed by atoms with Gasteiger partial charge in [-0.2, -0.15) is 0 Å². The molecule has 0 bridgehead atoms. The maximum absolute atomic E-state index is 3.42. The molecule has 0 amide bonds. The molecule has 0 aromatic heterocycles. The van der Waals surface area contributed by atoms with Gasteiger partial charge >= 0.3 is 0 Å². The van der Waals surface area contributed by atoms with E-state index >= 15 is 0 Å². The minimum absolute atomic E-state index is 1.10. The second-order valence-corrected chi connectivity index (χ2v) is 3.64. The average Bonchev–Trinajstić information content (AvgIpc) is 2.09. The highest BCUT2D eigenvalue weighted by Gasteiger charge is 1.95. The Morgan fingerprint density at radius 2 is 2.08 bits per heavy atom. The molecule has 2 N–H and O–H groups in total. The summed E-state index contributed by atoms with van der Waals surface area (Å²) < 4.78 is 1.10. The number of anilines is 1. The number of nitrogens with one attached hydrogen (secondary N) is 2. The van der Waals surface area contributed by atoms with Crippen molar-refractivity contribution >= 4 is 21.6 Å². The lowest BCUT2D eigenvalue weighted by Crippen LogP contribution is -1.96. The number of aryl methyl sites for hydroxylation is 1. The maximum atomic E-state index is 3.42. The van der Waals surface area contributed by atoms with Gasteiger partial charge in [-0.15, -0.1) is 0 Å². The lowest BCUT2D eigenvalue weighted by atomic mass is 10.2. The molecule has 0 unspecified atom stereocenters. The molecule has 0 heterocycles. The highest BCUT2D eigenvalue weighted by molar-refractivity contribution is 9.10. The molecule has 0 aliphatic carbocycles. The van der Waals surface area contributed by atoms with Gasteiger partial charge in [0.05, 0.1) is 0 Å². The van der Waals surface area contributed by atoms with Crippen molar-refractivity contribution in [2.45, 2.75) is 6.92 Å². The largest absolute Gasteiger partial charge is 0.393 e. The smallest absolute Gasteiger partial charge is 0.0410 e. The third kappa shape index (κ3) is 3.11. The second kappa shape index (κ2) is 4.92. The minimum atomic E-state index is 1.10. The Bertz CT molecular complexity index is 308. The molecule has 2 nitrogen and oxygen atoms in total. The first kappa shape index (κ1) is 10.1. The van der Waals surface area contributed by atoms with Gasteiger partial charge in [-0.05, 0) is 30.7 Å². The molecule has 1 rings (SSSR count). The molecule has 70 valence electrons. The van der Waals surface area contributed by atoms with Gasteiger partial charge in [0.15, 0.2) is 0 Å². The lowest BCUT2D eigenvalue weighted by Gasteiger charge is -2.05. The summed E-state index contributed by atoms with van der Waals surface area (Å²) in [4.78, 5) is 0. The number of rotatable bonds is 3. The van der Waals surface area contributed by atoms with Gasteiger partial charge in [-0.25, -0.2) is 0 Å². The van der Waals surface area contributed by atoms with Crippen LogP contribution in [0.15, 0.2) is 35.1 Å². The van der Waals surface area contributed by atoms with Gasteiger partial charge in [0.1, 0.15) is 0 Å². The summed E-state index contributed by atoms with van der Waals surface area (Å²) in [5, 5.41) is 6.09. The Kier molecular flexibility index (Phi) is 3.83. The van der Waals surface area contributed by atoms with Crippen molar-refractivity contribution in [2.24, 2.45) is 0 Å². The molecule has 0 radical (unpaired) electrons. The number of hydrogen-bond acceptors (Lipinski definition) is 2. The first-order chi connectivity index (χ1) is 6.24. The van der Waals surface area contributed by atoms with Gasteiger partial charge in [0, 0.05) is 29.6 Å². The van der Waals surface area contributed by atoms with Crippen LogP contribution in [0.2, 0.25) is 0 Å². The highest BCUT2D eigenvalue weighted by atomic mass is 79.9. The van der Waals surface area contributed by atoms with Crippen molar-refractivity contribution in [2.75, 3.05) is 12.4 Å². The SMILES string of the molecule is CN/C=C\Nc1ccc(Br)cc1C. The van der Waals surface area contributed by atoms with E-state index in [1.165, 1.54) is 5.56 Å². The van der Waals surface area contributed by atoms with Crippen LogP contribution in [0.25, 0.3) is 0 Å². The van der Waals surface area contributed by atoms with E-state index in [4.69, 9.17) is 0 Å². The van der Waals surface area contributed by atoms with Crippen LogP contribution in [0.3, 0.4) is 0 Å². The van der Waals surface area contributed by atoms with Crippen molar-refractivity contribution in [3.8, 4) is 0 Å². The zero-order valence-electron chi connectivity index (χ0n) is 7.76. The summed E-state index contributed by atoms with van der Waals surface area (Å²) in [6, 6.07) is 6.14. The molecule has 3 heteroatoms. The van der Waals surface area contributed by atoms with Crippen LogP contribution in [0, 0.1) is 6.92 Å². The molecule has 13 heavy (non-hydrogen) atoms. The summed E-state index contributed by atoms with van der Waals surface area (Å²) in [5.41, 5.74) is 2.34. The summed E-state index contributed by atoms with van der Waals surface area (Å²) in [6.07, 6.45) is 3.72. The first-order valence-corrected chi connectivity index (χ1v) is 4.88. The normalized spacial score (nSPS) is 10.4. The molecular weight excluding hydrogens is 228 g/mol. The van der Waals surface area contributed by atoms with Crippen LogP contribution in [-0.2, 0) is 0 Å². The summed E-state index contributed by atoms with van der Waals surface area (Å²) in [6.45, 7) is 2.07. The van der Waals surface area contributed by atoms with Crippen molar-refractivity contribution in [3.05, 3.63) is 40.6 Å². The fraction of sp³-hybridized carbons (Fsp3) is 0.200. The van der Waals surface area contributed by atoms with E-state index < -0.39 is 0 Å². The predicted molar refractivity (Wildman–Crippen MR) is 60.7 cm³/mol. The molecule has 1 aromatic rings. The van der Waals surface area contributed by atoms with Gasteiger partial charge in [-0.3, -0.25) is 0 Å². The Hall–Kier alpha value is -0.960. The Labute approximate surface area is 87.2 Å². The maximum Gasteiger partial charge on any atom is 0.0410 e. The topological polar surface area (TPSA) is 24.1 Å². The Morgan fingerprint density at radius 3 is 2.69 bits per heavy atom. The molecule has 0 atom stereocenters. The van der Waals surface area contributed by atoms with E-state index in [0.717, 1.165) is 10.2 Å². The van der Waals surface area contributed by atoms with Crippen molar-refractivity contribution in [1.82, 2.24) is 5.32 Å². The standard InChI is InChI=1S/C10H13BrN2/c1-8-7-9(11)3-4-10(8)13-6-5-12-2/h3-7,12-13H,1-2H3/b6-5-. The van der Waals surface area contributed by atoms with Gasteiger partial charge in [-0.1, -0.05) is 15.9 Å². The van der Waals surface area contributed by atoms with Crippen LogP contribution in [0.4, 0.5) is 5.69 Å². The predicted octanol–water partition coefficient (Wildman–Crippen LogP) is 2.86. The molecule has 0 aliphatic rings. The van der Waals surface area contributed by atoms with Gasteiger partial charge in [0.25, 0.3) is 0 Å². The van der Waals surface area contributed by atoms with Crippen LogP contribution in [0.5, 0.6) is 0 Å². The summed E-state index contributed by atoms with van der Waals surface area (Å²) >= 11 is 3.42. The van der Waals surface area contributed by atoms with Crippen LogP contribution < -0.4 is 10.6 Å². The fourth-order valence-electron chi connectivity index (χ4n) is 1.00. The van der Waals surface area contributed by atoms with E-state index in [2.05, 4.69) is 39.6 Å². The van der Waals surface area contributed by atoms with Gasteiger partial charge in [0.2, 0.25) is 0 Å². The quantitative estimate of drug-likeness (QED) is 0.850. The van der Waals surface area contributed by atoms with Crippen LogP contribution in [0.1, 0.15) is 5.56 Å². The van der Waals surface area contributed by atoms with E-state index in [1.807, 2.05) is 31.6 Å². The molecule has 0 fully saturated rings. The third-order valence-corrected chi connectivity index (χ3v) is 2.17. The van der Waals surface area contributed by atoms with E-state index in [9.17, 15) is 0 Å². The summed E-state index contributed by atoms with van der Waals surface area (Å²) in [7, 11) is 1.87. The first-order valence-electron chi connectivity index (χ1n) is 4.09. The fourth-order valence-corrected chi connectivity index (χ4v) is 1.48. The van der Waals surface area contributed by atoms with Crippen molar-refractivity contribution in [3.63, 3.8) is 0 Å². The number of hydrogen-bond donors (Lipinski definition) is 2. The molecular formula is C10H13BrN2. The van der Waals surface area contributed by atoms with E-state index in [1.54, 1.807) is 0 Å². The van der Waals surface area contributed by atoms with Crippen molar-refractivity contribution < 1.29 is 0 Å². The molecule has 1 aromatic carbocycles. The molecule has 0 saturated carbocycles. The van der Waals surface area contributed by atoms with Crippen LogP contribution in [-0.4, -0.2) is 7.05 Å². The zero-order valence-corrected chi connectivity index (χ0v) is 9.35. The minimum Gasteiger partial charge on any atom is -0.393 e. The van der Waals surface area contributed by atoms with Gasteiger partial charge < -0.3 is 10.6 Å². The van der Waals surface area contributed by atoms with E-state index in [0.29, 0.717) is 0 Å². The molecule has 0 aliphatic heterocycles. The Morgan fingerprint density at radius 1 is 1.31 bits per heavy atom. The molecule has 0 spiro atoms. The highest BCUT2D eigenvalue weighted by Crippen LogP contribution is 2.19. The Balaban J connectivity index is 2.72. The third-order valence-electron chi connectivity index (χ3n) is 1.68. The summed E-state index contributed by atoms with van der Waals surface area (Å²) in [5.74, 6) is 0. The van der Waals surface area contributed by atoms with E-state index in [-0.39, 0.29) is 0 Å². The van der Waals surface area contributed by atoms with Crippen molar-refractivity contribution in [1.29, 1.82) is 0 Å². The number of halogens is 1.